The zero-order valence-corrected chi connectivity index (χ0v) is 9.29. The van der Waals surface area contributed by atoms with Crippen LogP contribution < -0.4 is 0 Å². The first-order chi connectivity index (χ1) is 7.33. The van der Waals surface area contributed by atoms with E-state index in [0.717, 1.165) is 18.4 Å². The van der Waals surface area contributed by atoms with Crippen molar-refractivity contribution in [2.75, 3.05) is 6.61 Å². The van der Waals surface area contributed by atoms with Crippen LogP contribution in [0.3, 0.4) is 0 Å². The number of ether oxygens (including phenoxy) is 1. The average Bonchev–Trinajstić information content (AvgIpc) is 2.70. The van der Waals surface area contributed by atoms with Gasteiger partial charge in [0.15, 0.2) is 0 Å². The van der Waals surface area contributed by atoms with E-state index in [1.807, 2.05) is 18.5 Å². The molecule has 1 rings (SSSR count). The van der Waals surface area contributed by atoms with E-state index in [2.05, 4.69) is 11.9 Å². The summed E-state index contributed by atoms with van der Waals surface area (Å²) in [5.41, 5.74) is 0.980. The van der Waals surface area contributed by atoms with Crippen LogP contribution >= 0.6 is 0 Å². The fourth-order valence-electron chi connectivity index (χ4n) is 1.40. The summed E-state index contributed by atoms with van der Waals surface area (Å²) in [6, 6.07) is 1.89. The molecule has 0 unspecified atom stereocenters. The van der Waals surface area contributed by atoms with Crippen LogP contribution in [0.15, 0.2) is 18.5 Å². The Hall–Kier alpha value is -1.25. The van der Waals surface area contributed by atoms with Gasteiger partial charge in [-0.15, -0.1) is 0 Å². The Morgan fingerprint density at radius 1 is 1.40 bits per heavy atom. The maximum absolute atomic E-state index is 11.3. The molecule has 0 radical (unpaired) electrons. The highest BCUT2D eigenvalue weighted by molar-refractivity contribution is 5.72. The maximum atomic E-state index is 11.3. The third-order valence-corrected chi connectivity index (χ3v) is 2.27. The van der Waals surface area contributed by atoms with E-state index in [9.17, 15) is 4.79 Å². The Labute approximate surface area is 90.8 Å². The fraction of sp³-hybridized carbons (Fsp3) is 0.583. The number of hydrogen-bond acceptors (Lipinski definition) is 2. The first kappa shape index (κ1) is 11.8. The molecule has 0 amide bonds. The van der Waals surface area contributed by atoms with Crippen molar-refractivity contribution >= 4 is 5.97 Å². The zero-order valence-electron chi connectivity index (χ0n) is 9.29. The van der Waals surface area contributed by atoms with Crippen molar-refractivity contribution in [2.24, 2.45) is 0 Å². The molecule has 0 saturated heterocycles. The second-order valence-electron chi connectivity index (χ2n) is 3.68. The van der Waals surface area contributed by atoms with E-state index < -0.39 is 0 Å². The summed E-state index contributed by atoms with van der Waals surface area (Å²) in [6.07, 6.45) is 8.55. The van der Waals surface area contributed by atoms with Gasteiger partial charge in [0.2, 0.25) is 0 Å². The van der Waals surface area contributed by atoms with Crippen LogP contribution in [0.25, 0.3) is 0 Å². The molecular weight excluding hydrogens is 190 g/mol. The number of hydrogen-bond donors (Lipinski definition) is 1. The summed E-state index contributed by atoms with van der Waals surface area (Å²) < 4.78 is 5.11. The Morgan fingerprint density at radius 3 is 2.93 bits per heavy atom. The van der Waals surface area contributed by atoms with Gasteiger partial charge in [0.25, 0.3) is 0 Å². The molecule has 0 spiro atoms. The highest BCUT2D eigenvalue weighted by Gasteiger charge is 2.04. The Bertz CT molecular complexity index is 267. The number of esters is 1. The van der Waals surface area contributed by atoms with Gasteiger partial charge in [-0.1, -0.05) is 26.2 Å². The van der Waals surface area contributed by atoms with Crippen LogP contribution in [0.4, 0.5) is 0 Å². The predicted molar refractivity (Wildman–Crippen MR) is 59.6 cm³/mol. The van der Waals surface area contributed by atoms with Crippen LogP contribution in [0.2, 0.25) is 0 Å². The van der Waals surface area contributed by atoms with Gasteiger partial charge in [0.05, 0.1) is 13.0 Å². The SMILES string of the molecule is CCCCCCOC(=O)Cc1cc[nH]c1. The summed E-state index contributed by atoms with van der Waals surface area (Å²) in [4.78, 5) is 14.2. The quantitative estimate of drug-likeness (QED) is 0.554. The normalized spacial score (nSPS) is 10.2. The van der Waals surface area contributed by atoms with Gasteiger partial charge in [-0.05, 0) is 18.1 Å². The van der Waals surface area contributed by atoms with E-state index in [1.54, 1.807) is 0 Å². The van der Waals surface area contributed by atoms with Crippen LogP contribution in [0, 0.1) is 0 Å². The van der Waals surface area contributed by atoms with E-state index in [-0.39, 0.29) is 5.97 Å². The highest BCUT2D eigenvalue weighted by atomic mass is 16.5. The largest absolute Gasteiger partial charge is 0.465 e. The van der Waals surface area contributed by atoms with E-state index in [1.165, 1.54) is 12.8 Å². The molecule has 0 atom stereocenters. The van der Waals surface area contributed by atoms with Gasteiger partial charge in [0.1, 0.15) is 0 Å². The van der Waals surface area contributed by atoms with Gasteiger partial charge in [0, 0.05) is 12.4 Å². The first-order valence-electron chi connectivity index (χ1n) is 5.60. The van der Waals surface area contributed by atoms with Gasteiger partial charge < -0.3 is 9.72 Å². The number of nitrogens with one attached hydrogen (secondary N) is 1. The molecule has 84 valence electrons. The third kappa shape index (κ3) is 5.25. The minimum atomic E-state index is -0.133. The summed E-state index contributed by atoms with van der Waals surface area (Å²) in [7, 11) is 0. The molecule has 1 N–H and O–H groups in total. The lowest BCUT2D eigenvalue weighted by molar-refractivity contribution is -0.142. The van der Waals surface area contributed by atoms with E-state index >= 15 is 0 Å². The topological polar surface area (TPSA) is 42.1 Å². The number of aromatic amines is 1. The molecule has 0 bridgehead atoms. The molecule has 0 aliphatic carbocycles. The lowest BCUT2D eigenvalue weighted by Crippen LogP contribution is -2.08. The van der Waals surface area contributed by atoms with Crippen LogP contribution in [-0.4, -0.2) is 17.6 Å². The van der Waals surface area contributed by atoms with Gasteiger partial charge in [-0.3, -0.25) is 4.79 Å². The standard InChI is InChI=1S/C12H19NO2/c1-2-3-4-5-8-15-12(14)9-11-6-7-13-10-11/h6-7,10,13H,2-5,8-9H2,1H3. The van der Waals surface area contributed by atoms with Gasteiger partial charge in [-0.2, -0.15) is 0 Å². The molecule has 1 aromatic rings. The number of rotatable bonds is 7. The lowest BCUT2D eigenvalue weighted by atomic mass is 10.2. The molecule has 0 aliphatic heterocycles. The molecular formula is C12H19NO2. The number of carbonyl (C=O) groups is 1. The maximum Gasteiger partial charge on any atom is 0.310 e. The van der Waals surface area contributed by atoms with Crippen molar-refractivity contribution in [1.82, 2.24) is 4.98 Å². The highest BCUT2D eigenvalue weighted by Crippen LogP contribution is 2.02. The molecule has 0 saturated carbocycles. The minimum Gasteiger partial charge on any atom is -0.465 e. The smallest absolute Gasteiger partial charge is 0.310 e. The van der Waals surface area contributed by atoms with Gasteiger partial charge in [-0.25, -0.2) is 0 Å². The van der Waals surface area contributed by atoms with E-state index in [4.69, 9.17) is 4.74 Å². The van der Waals surface area contributed by atoms with Crippen molar-refractivity contribution in [3.05, 3.63) is 24.0 Å². The minimum absolute atomic E-state index is 0.133. The molecule has 0 aromatic carbocycles. The van der Waals surface area contributed by atoms with E-state index in [0.29, 0.717) is 13.0 Å². The second kappa shape index (κ2) is 7.10. The van der Waals surface area contributed by atoms with Crippen molar-refractivity contribution < 1.29 is 9.53 Å². The number of unbranched alkanes of at least 4 members (excludes halogenated alkanes) is 3. The van der Waals surface area contributed by atoms with Crippen molar-refractivity contribution in [1.29, 1.82) is 0 Å². The molecule has 1 heterocycles. The lowest BCUT2D eigenvalue weighted by Gasteiger charge is -2.03. The summed E-state index contributed by atoms with van der Waals surface area (Å²) in [5, 5.41) is 0. The summed E-state index contributed by atoms with van der Waals surface area (Å²) >= 11 is 0. The molecule has 1 aromatic heterocycles. The predicted octanol–water partition coefficient (Wildman–Crippen LogP) is 2.68. The second-order valence-corrected chi connectivity index (χ2v) is 3.68. The van der Waals surface area contributed by atoms with Crippen LogP contribution in [0.5, 0.6) is 0 Å². The number of aromatic nitrogens is 1. The van der Waals surface area contributed by atoms with Crippen molar-refractivity contribution in [3.63, 3.8) is 0 Å². The zero-order chi connectivity index (χ0) is 10.9. The Morgan fingerprint density at radius 2 is 2.27 bits per heavy atom. The Balaban J connectivity index is 2.04. The molecule has 3 nitrogen and oxygen atoms in total. The molecule has 3 heteroatoms. The first-order valence-corrected chi connectivity index (χ1v) is 5.60. The molecule has 0 aliphatic rings. The van der Waals surface area contributed by atoms with Crippen LogP contribution in [-0.2, 0) is 16.0 Å². The monoisotopic (exact) mass is 209 g/mol. The molecule has 0 fully saturated rings. The third-order valence-electron chi connectivity index (χ3n) is 2.27. The molecule has 15 heavy (non-hydrogen) atoms. The van der Waals surface area contributed by atoms with Crippen LogP contribution in [0.1, 0.15) is 38.2 Å². The summed E-state index contributed by atoms with van der Waals surface area (Å²) in [6.45, 7) is 2.72. The van der Waals surface area contributed by atoms with Gasteiger partial charge >= 0.3 is 5.97 Å². The average molecular weight is 209 g/mol. The number of H-pyrrole nitrogens is 1. The summed E-state index contributed by atoms with van der Waals surface area (Å²) in [5.74, 6) is -0.133. The Kier molecular flexibility index (Phi) is 5.59. The van der Waals surface area contributed by atoms with Crippen molar-refractivity contribution in [3.8, 4) is 0 Å². The number of carbonyl (C=O) groups excluding carboxylic acids is 1. The van der Waals surface area contributed by atoms with Crippen molar-refractivity contribution in [2.45, 2.75) is 39.0 Å². The fourth-order valence-corrected chi connectivity index (χ4v) is 1.40.